The van der Waals surface area contributed by atoms with Crippen molar-refractivity contribution in [1.82, 2.24) is 9.80 Å². The molecular weight excluding hydrogens is 152 g/mol. The molecular formula is C9H16N2O. The van der Waals surface area contributed by atoms with Crippen LogP contribution in [0, 0.1) is 0 Å². The second-order valence-corrected chi connectivity index (χ2v) is 3.73. The van der Waals surface area contributed by atoms with Gasteiger partial charge in [0, 0.05) is 32.2 Å². The van der Waals surface area contributed by atoms with Gasteiger partial charge in [-0.25, -0.2) is 0 Å². The summed E-state index contributed by atoms with van der Waals surface area (Å²) in [5.41, 5.74) is 0. The number of rotatable bonds is 3. The van der Waals surface area contributed by atoms with Gasteiger partial charge < -0.3 is 4.79 Å². The largest absolute Gasteiger partial charge is 0.302 e. The van der Waals surface area contributed by atoms with Gasteiger partial charge in [0.2, 0.25) is 0 Å². The van der Waals surface area contributed by atoms with E-state index in [1.54, 1.807) is 0 Å². The molecule has 12 heavy (non-hydrogen) atoms. The molecule has 1 saturated heterocycles. The van der Waals surface area contributed by atoms with E-state index >= 15 is 0 Å². The number of aldehydes is 1. The van der Waals surface area contributed by atoms with Crippen LogP contribution in [0.5, 0.6) is 0 Å². The van der Waals surface area contributed by atoms with Crippen LogP contribution in [0.1, 0.15) is 12.8 Å². The van der Waals surface area contributed by atoms with Gasteiger partial charge in [-0.3, -0.25) is 9.80 Å². The summed E-state index contributed by atoms with van der Waals surface area (Å²) in [5, 5.41) is 0. The summed E-state index contributed by atoms with van der Waals surface area (Å²) < 4.78 is 0. The summed E-state index contributed by atoms with van der Waals surface area (Å²) in [4.78, 5) is 15.0. The van der Waals surface area contributed by atoms with Crippen molar-refractivity contribution < 1.29 is 4.79 Å². The maximum Gasteiger partial charge on any atom is 0.133 e. The molecule has 0 aromatic heterocycles. The van der Waals surface area contributed by atoms with Gasteiger partial charge in [0.25, 0.3) is 0 Å². The number of piperazine rings is 1. The smallest absolute Gasteiger partial charge is 0.133 e. The van der Waals surface area contributed by atoms with Crippen molar-refractivity contribution in [2.45, 2.75) is 18.9 Å². The van der Waals surface area contributed by atoms with E-state index in [0.717, 1.165) is 25.4 Å². The second kappa shape index (κ2) is 3.54. The molecule has 0 aromatic carbocycles. The summed E-state index contributed by atoms with van der Waals surface area (Å²) in [6, 6.07) is 0.892. The highest BCUT2D eigenvalue weighted by Gasteiger charge is 2.30. The highest BCUT2D eigenvalue weighted by Crippen LogP contribution is 2.27. The van der Waals surface area contributed by atoms with Crippen molar-refractivity contribution in [1.29, 1.82) is 0 Å². The second-order valence-electron chi connectivity index (χ2n) is 3.73. The Labute approximate surface area is 73.3 Å². The molecule has 3 nitrogen and oxygen atoms in total. The molecule has 2 rings (SSSR count). The minimum absolute atomic E-state index is 0.624. The monoisotopic (exact) mass is 168 g/mol. The van der Waals surface area contributed by atoms with Gasteiger partial charge in [0.05, 0.1) is 6.54 Å². The molecule has 0 aromatic rings. The molecule has 68 valence electrons. The van der Waals surface area contributed by atoms with E-state index in [1.165, 1.54) is 25.9 Å². The maximum absolute atomic E-state index is 10.2. The van der Waals surface area contributed by atoms with Crippen LogP contribution in [-0.4, -0.2) is 54.9 Å². The molecule has 0 radical (unpaired) electrons. The van der Waals surface area contributed by atoms with Crippen LogP contribution < -0.4 is 0 Å². The third kappa shape index (κ3) is 1.84. The third-order valence-corrected chi connectivity index (χ3v) is 2.80. The average Bonchev–Trinajstić information content (AvgIpc) is 2.89. The Morgan fingerprint density at radius 3 is 2.33 bits per heavy atom. The summed E-state index contributed by atoms with van der Waals surface area (Å²) >= 11 is 0. The zero-order chi connectivity index (χ0) is 8.39. The standard InChI is InChI=1S/C9H16N2O/c12-8-7-10-3-5-11(6-4-10)9-1-2-9/h8-9H,1-7H2. The van der Waals surface area contributed by atoms with Gasteiger partial charge in [-0.15, -0.1) is 0 Å². The van der Waals surface area contributed by atoms with Gasteiger partial charge in [-0.05, 0) is 12.8 Å². The third-order valence-electron chi connectivity index (χ3n) is 2.80. The van der Waals surface area contributed by atoms with Crippen molar-refractivity contribution in [2.75, 3.05) is 32.7 Å². The molecule has 1 aliphatic heterocycles. The number of carbonyl (C=O) groups is 1. The van der Waals surface area contributed by atoms with Crippen molar-refractivity contribution in [3.8, 4) is 0 Å². The van der Waals surface area contributed by atoms with Crippen LogP contribution in [0.2, 0.25) is 0 Å². The SMILES string of the molecule is O=CCN1CCN(C2CC2)CC1. The highest BCUT2D eigenvalue weighted by atomic mass is 16.1. The number of carbonyl (C=O) groups excluding carboxylic acids is 1. The Morgan fingerprint density at radius 2 is 1.83 bits per heavy atom. The number of nitrogens with zero attached hydrogens (tertiary/aromatic N) is 2. The van der Waals surface area contributed by atoms with Crippen molar-refractivity contribution in [3.63, 3.8) is 0 Å². The van der Waals surface area contributed by atoms with Crippen LogP contribution in [0.25, 0.3) is 0 Å². The molecule has 0 atom stereocenters. The molecule has 0 bridgehead atoms. The van der Waals surface area contributed by atoms with Gasteiger partial charge in [-0.1, -0.05) is 0 Å². The predicted molar refractivity (Wildman–Crippen MR) is 47.1 cm³/mol. The minimum atomic E-state index is 0.624. The quantitative estimate of drug-likeness (QED) is 0.553. The first kappa shape index (κ1) is 8.20. The van der Waals surface area contributed by atoms with Crippen LogP contribution in [-0.2, 0) is 4.79 Å². The number of hydrogen-bond donors (Lipinski definition) is 0. The Morgan fingerprint density at radius 1 is 1.17 bits per heavy atom. The highest BCUT2D eigenvalue weighted by molar-refractivity contribution is 5.51. The van der Waals surface area contributed by atoms with Crippen molar-refractivity contribution in [3.05, 3.63) is 0 Å². The minimum Gasteiger partial charge on any atom is -0.302 e. The Bertz CT molecular complexity index is 160. The molecule has 0 amide bonds. The summed E-state index contributed by atoms with van der Waals surface area (Å²) in [6.45, 7) is 5.11. The van der Waals surface area contributed by atoms with Crippen molar-refractivity contribution in [2.24, 2.45) is 0 Å². The van der Waals surface area contributed by atoms with Crippen LogP contribution in [0.3, 0.4) is 0 Å². The molecule has 0 spiro atoms. The molecule has 1 aliphatic carbocycles. The maximum atomic E-state index is 10.2. The van der Waals surface area contributed by atoms with E-state index in [4.69, 9.17) is 0 Å². The molecule has 1 saturated carbocycles. The predicted octanol–water partition coefficient (Wildman–Crippen LogP) is -0.0347. The lowest BCUT2D eigenvalue weighted by molar-refractivity contribution is -0.109. The van der Waals surface area contributed by atoms with E-state index in [2.05, 4.69) is 9.80 Å². The first-order chi connectivity index (χ1) is 5.90. The van der Waals surface area contributed by atoms with E-state index in [9.17, 15) is 4.79 Å². The first-order valence-corrected chi connectivity index (χ1v) is 4.80. The van der Waals surface area contributed by atoms with Crippen molar-refractivity contribution >= 4 is 6.29 Å². The lowest BCUT2D eigenvalue weighted by Crippen LogP contribution is -2.47. The Kier molecular flexibility index (Phi) is 2.42. The first-order valence-electron chi connectivity index (χ1n) is 4.80. The van der Waals surface area contributed by atoms with E-state index < -0.39 is 0 Å². The fourth-order valence-electron chi connectivity index (χ4n) is 1.86. The Balaban J connectivity index is 1.72. The number of hydrogen-bond acceptors (Lipinski definition) is 3. The molecule has 3 heteroatoms. The van der Waals surface area contributed by atoms with Gasteiger partial charge in [0.15, 0.2) is 0 Å². The lowest BCUT2D eigenvalue weighted by Gasteiger charge is -2.33. The van der Waals surface area contributed by atoms with E-state index in [0.29, 0.717) is 6.54 Å². The van der Waals surface area contributed by atoms with Crippen LogP contribution in [0.15, 0.2) is 0 Å². The molecule has 0 unspecified atom stereocenters. The molecule has 0 N–H and O–H groups in total. The average molecular weight is 168 g/mol. The lowest BCUT2D eigenvalue weighted by atomic mass is 10.3. The fraction of sp³-hybridized carbons (Fsp3) is 0.889. The van der Waals surface area contributed by atoms with Gasteiger partial charge in [-0.2, -0.15) is 0 Å². The van der Waals surface area contributed by atoms with E-state index in [1.807, 2.05) is 0 Å². The molecule has 2 aliphatic rings. The zero-order valence-corrected chi connectivity index (χ0v) is 7.41. The summed E-state index contributed by atoms with van der Waals surface area (Å²) in [7, 11) is 0. The summed E-state index contributed by atoms with van der Waals surface area (Å²) in [5.74, 6) is 0. The van der Waals surface area contributed by atoms with Gasteiger partial charge >= 0.3 is 0 Å². The summed E-state index contributed by atoms with van der Waals surface area (Å²) in [6.07, 6.45) is 3.80. The normalized spacial score (nSPS) is 27.3. The zero-order valence-electron chi connectivity index (χ0n) is 7.41. The van der Waals surface area contributed by atoms with Crippen LogP contribution in [0.4, 0.5) is 0 Å². The Hall–Kier alpha value is -0.410. The molecule has 1 heterocycles. The van der Waals surface area contributed by atoms with Gasteiger partial charge in [0.1, 0.15) is 6.29 Å². The van der Waals surface area contributed by atoms with Crippen LogP contribution >= 0.6 is 0 Å². The topological polar surface area (TPSA) is 23.6 Å². The van der Waals surface area contributed by atoms with E-state index in [-0.39, 0.29) is 0 Å². The fourth-order valence-corrected chi connectivity index (χ4v) is 1.86. The molecule has 2 fully saturated rings.